The Balaban J connectivity index is 1.84. The van der Waals surface area contributed by atoms with Gasteiger partial charge in [0.15, 0.2) is 0 Å². The number of rotatable bonds is 8. The maximum atomic E-state index is 12.1. The van der Waals surface area contributed by atoms with Gasteiger partial charge in [-0.15, -0.1) is 0 Å². The van der Waals surface area contributed by atoms with Crippen LogP contribution >= 0.6 is 0 Å². The number of hydrogen-bond acceptors (Lipinski definition) is 4. The van der Waals surface area contributed by atoms with E-state index in [2.05, 4.69) is 22.0 Å². The lowest BCUT2D eigenvalue weighted by atomic mass is 10.1. The van der Waals surface area contributed by atoms with Crippen molar-refractivity contribution in [2.24, 2.45) is 0 Å². The molecule has 0 spiro atoms. The maximum absolute atomic E-state index is 12.1. The number of anilines is 2. The molecule has 0 aliphatic carbocycles. The smallest absolute Gasteiger partial charge is 0.251 e. The van der Waals surface area contributed by atoms with Gasteiger partial charge in [-0.2, -0.15) is 0 Å². The van der Waals surface area contributed by atoms with E-state index >= 15 is 0 Å². The van der Waals surface area contributed by atoms with Crippen molar-refractivity contribution in [1.82, 2.24) is 5.32 Å². The molecule has 2 rings (SSSR count). The molecular weight excluding hydrogens is 330 g/mol. The van der Waals surface area contributed by atoms with Crippen LogP contribution in [-0.4, -0.2) is 38.6 Å². The first-order valence-electron chi connectivity index (χ1n) is 8.48. The first-order chi connectivity index (χ1) is 12.5. The summed E-state index contributed by atoms with van der Waals surface area (Å²) in [5.74, 6) is -0.321. The lowest BCUT2D eigenvalue weighted by Crippen LogP contribution is -2.27. The zero-order valence-corrected chi connectivity index (χ0v) is 15.4. The average Bonchev–Trinajstić information content (AvgIpc) is 2.61. The molecule has 138 valence electrons. The minimum atomic E-state index is -0.170. The molecule has 0 aliphatic rings. The van der Waals surface area contributed by atoms with Gasteiger partial charge in [0, 0.05) is 30.6 Å². The SMILES string of the molecule is COCCNC(=O)c1ccc(NC(=O)CNc2ccc(C)cc2C)cc1. The summed E-state index contributed by atoms with van der Waals surface area (Å²) >= 11 is 0. The molecule has 6 nitrogen and oxygen atoms in total. The highest BCUT2D eigenvalue weighted by Gasteiger charge is 2.07. The van der Waals surface area contributed by atoms with E-state index in [1.165, 1.54) is 5.56 Å². The summed E-state index contributed by atoms with van der Waals surface area (Å²) in [6.07, 6.45) is 0. The van der Waals surface area contributed by atoms with Gasteiger partial charge in [0.25, 0.3) is 5.91 Å². The van der Waals surface area contributed by atoms with Crippen LogP contribution in [0.25, 0.3) is 0 Å². The van der Waals surface area contributed by atoms with Gasteiger partial charge in [-0.05, 0) is 49.7 Å². The third kappa shape index (κ3) is 5.89. The Morgan fingerprint density at radius 2 is 1.77 bits per heavy atom. The molecule has 0 aromatic heterocycles. The highest BCUT2D eigenvalue weighted by atomic mass is 16.5. The Labute approximate surface area is 153 Å². The Kier molecular flexibility index (Phi) is 7.17. The Bertz CT molecular complexity index is 757. The van der Waals surface area contributed by atoms with Crippen LogP contribution in [0.1, 0.15) is 21.5 Å². The molecule has 0 radical (unpaired) electrons. The molecule has 0 heterocycles. The van der Waals surface area contributed by atoms with Gasteiger partial charge in [0.05, 0.1) is 13.2 Å². The number of amides is 2. The van der Waals surface area contributed by atoms with Crippen LogP contribution in [0.2, 0.25) is 0 Å². The van der Waals surface area contributed by atoms with Crippen molar-refractivity contribution in [3.05, 3.63) is 59.2 Å². The fourth-order valence-corrected chi connectivity index (χ4v) is 2.47. The molecule has 0 fully saturated rings. The quantitative estimate of drug-likeness (QED) is 0.636. The van der Waals surface area contributed by atoms with Crippen molar-refractivity contribution in [3.63, 3.8) is 0 Å². The van der Waals surface area contributed by atoms with Crippen LogP contribution in [0.4, 0.5) is 11.4 Å². The second-order valence-electron chi connectivity index (χ2n) is 6.05. The monoisotopic (exact) mass is 355 g/mol. The van der Waals surface area contributed by atoms with Crippen molar-refractivity contribution in [2.45, 2.75) is 13.8 Å². The maximum Gasteiger partial charge on any atom is 0.251 e. The molecule has 0 saturated heterocycles. The van der Waals surface area contributed by atoms with Crippen molar-refractivity contribution in [2.75, 3.05) is 37.4 Å². The van der Waals surface area contributed by atoms with Crippen LogP contribution in [0.5, 0.6) is 0 Å². The number of ether oxygens (including phenoxy) is 1. The van der Waals surface area contributed by atoms with Gasteiger partial charge in [-0.25, -0.2) is 0 Å². The Morgan fingerprint density at radius 3 is 2.42 bits per heavy atom. The summed E-state index contributed by atoms with van der Waals surface area (Å²) < 4.78 is 4.89. The van der Waals surface area contributed by atoms with Gasteiger partial charge in [-0.3, -0.25) is 9.59 Å². The third-order valence-corrected chi connectivity index (χ3v) is 3.84. The predicted octanol–water partition coefficient (Wildman–Crippen LogP) is 2.73. The van der Waals surface area contributed by atoms with E-state index in [1.807, 2.05) is 26.0 Å². The standard InChI is InChI=1S/C20H25N3O3/c1-14-4-9-18(15(2)12-14)22-13-19(24)23-17-7-5-16(6-8-17)20(25)21-10-11-26-3/h4-9,12,22H,10-11,13H2,1-3H3,(H,21,25)(H,23,24). The van der Waals surface area contributed by atoms with Crippen molar-refractivity contribution < 1.29 is 14.3 Å². The minimum absolute atomic E-state index is 0.151. The number of hydrogen-bond donors (Lipinski definition) is 3. The van der Waals surface area contributed by atoms with Crippen LogP contribution in [0.15, 0.2) is 42.5 Å². The number of aryl methyl sites for hydroxylation is 2. The van der Waals surface area contributed by atoms with E-state index < -0.39 is 0 Å². The molecule has 2 aromatic rings. The van der Waals surface area contributed by atoms with Gasteiger partial charge in [0.1, 0.15) is 0 Å². The van der Waals surface area contributed by atoms with Crippen LogP contribution in [-0.2, 0) is 9.53 Å². The van der Waals surface area contributed by atoms with Crippen molar-refractivity contribution >= 4 is 23.2 Å². The number of nitrogens with one attached hydrogen (secondary N) is 3. The van der Waals surface area contributed by atoms with Gasteiger partial charge in [-0.1, -0.05) is 17.7 Å². The Hall–Kier alpha value is -2.86. The number of benzene rings is 2. The zero-order valence-electron chi connectivity index (χ0n) is 15.4. The summed E-state index contributed by atoms with van der Waals surface area (Å²) in [7, 11) is 1.58. The molecule has 0 bridgehead atoms. The summed E-state index contributed by atoms with van der Waals surface area (Å²) in [6, 6.07) is 12.8. The summed E-state index contributed by atoms with van der Waals surface area (Å²) in [4.78, 5) is 24.0. The first kappa shape index (κ1) is 19.5. The molecule has 6 heteroatoms. The minimum Gasteiger partial charge on any atom is -0.383 e. The largest absolute Gasteiger partial charge is 0.383 e. The molecule has 2 aromatic carbocycles. The van der Waals surface area contributed by atoms with Crippen molar-refractivity contribution in [3.8, 4) is 0 Å². The molecule has 2 amide bonds. The molecule has 0 atom stereocenters. The molecule has 26 heavy (non-hydrogen) atoms. The predicted molar refractivity (Wildman–Crippen MR) is 104 cm³/mol. The number of carbonyl (C=O) groups excluding carboxylic acids is 2. The highest BCUT2D eigenvalue weighted by Crippen LogP contribution is 2.16. The second-order valence-corrected chi connectivity index (χ2v) is 6.05. The van der Waals surface area contributed by atoms with E-state index in [0.29, 0.717) is 24.4 Å². The summed E-state index contributed by atoms with van der Waals surface area (Å²) in [6.45, 7) is 5.13. The van der Waals surface area contributed by atoms with Gasteiger partial charge < -0.3 is 20.7 Å². The normalized spacial score (nSPS) is 10.3. The lowest BCUT2D eigenvalue weighted by Gasteiger charge is -2.11. The molecule has 0 saturated carbocycles. The fourth-order valence-electron chi connectivity index (χ4n) is 2.47. The lowest BCUT2D eigenvalue weighted by molar-refractivity contribution is -0.114. The van der Waals surface area contributed by atoms with E-state index in [9.17, 15) is 9.59 Å². The molecule has 0 unspecified atom stereocenters. The number of carbonyl (C=O) groups is 2. The van der Waals surface area contributed by atoms with E-state index in [1.54, 1.807) is 31.4 Å². The molecular formula is C20H25N3O3. The fraction of sp³-hybridized carbons (Fsp3) is 0.300. The third-order valence-electron chi connectivity index (χ3n) is 3.84. The zero-order chi connectivity index (χ0) is 18.9. The highest BCUT2D eigenvalue weighted by molar-refractivity contribution is 5.96. The van der Waals surface area contributed by atoms with Crippen LogP contribution < -0.4 is 16.0 Å². The second kappa shape index (κ2) is 9.58. The first-order valence-corrected chi connectivity index (χ1v) is 8.48. The van der Waals surface area contributed by atoms with Gasteiger partial charge in [0.2, 0.25) is 5.91 Å². The van der Waals surface area contributed by atoms with E-state index in [4.69, 9.17) is 4.74 Å². The molecule has 0 aliphatic heterocycles. The number of methoxy groups -OCH3 is 1. The summed E-state index contributed by atoms with van der Waals surface area (Å²) in [5.41, 5.74) is 4.40. The van der Waals surface area contributed by atoms with E-state index in [0.717, 1.165) is 11.3 Å². The topological polar surface area (TPSA) is 79.5 Å². The van der Waals surface area contributed by atoms with E-state index in [-0.39, 0.29) is 18.4 Å². The average molecular weight is 355 g/mol. The Morgan fingerprint density at radius 1 is 1.04 bits per heavy atom. The van der Waals surface area contributed by atoms with Crippen molar-refractivity contribution in [1.29, 1.82) is 0 Å². The van der Waals surface area contributed by atoms with Crippen LogP contribution in [0, 0.1) is 13.8 Å². The van der Waals surface area contributed by atoms with Gasteiger partial charge >= 0.3 is 0 Å². The van der Waals surface area contributed by atoms with Crippen LogP contribution in [0.3, 0.4) is 0 Å². The summed E-state index contributed by atoms with van der Waals surface area (Å²) in [5, 5.41) is 8.69. The molecule has 3 N–H and O–H groups in total.